The third kappa shape index (κ3) is 2.45. The second kappa shape index (κ2) is 5.41. The van der Waals surface area contributed by atoms with Gasteiger partial charge in [-0.05, 0) is 37.8 Å². The smallest absolute Gasteiger partial charge is 0.0935 e. The normalized spacial score (nSPS) is 27.2. The maximum atomic E-state index is 6.56. The van der Waals surface area contributed by atoms with Crippen LogP contribution in [0.15, 0.2) is 30.3 Å². The first-order valence-electron chi connectivity index (χ1n) is 7.33. The molecule has 2 aliphatic rings. The van der Waals surface area contributed by atoms with Crippen LogP contribution in [0.4, 0.5) is 0 Å². The predicted octanol–water partition coefficient (Wildman–Crippen LogP) is 3.22. The Morgan fingerprint density at radius 1 is 1.06 bits per heavy atom. The fourth-order valence-electron chi connectivity index (χ4n) is 3.40. The first kappa shape index (κ1) is 12.2. The first-order valence-corrected chi connectivity index (χ1v) is 7.33. The highest BCUT2D eigenvalue weighted by Crippen LogP contribution is 2.43. The topological polar surface area (TPSA) is 21.3 Å². The molecule has 18 heavy (non-hydrogen) atoms. The third-order valence-corrected chi connectivity index (χ3v) is 4.36. The van der Waals surface area contributed by atoms with Crippen LogP contribution >= 0.6 is 0 Å². The fourth-order valence-corrected chi connectivity index (χ4v) is 3.40. The Balaban J connectivity index is 1.78. The molecule has 1 aromatic rings. The van der Waals surface area contributed by atoms with E-state index in [9.17, 15) is 0 Å². The van der Waals surface area contributed by atoms with Crippen LogP contribution in [0, 0.1) is 0 Å². The van der Waals surface area contributed by atoms with Crippen molar-refractivity contribution in [3.05, 3.63) is 35.9 Å². The maximum absolute atomic E-state index is 6.56. The summed E-state index contributed by atoms with van der Waals surface area (Å²) in [4.78, 5) is 0. The Hall–Kier alpha value is -0.860. The predicted molar refractivity (Wildman–Crippen MR) is 73.6 cm³/mol. The van der Waals surface area contributed by atoms with Crippen molar-refractivity contribution in [2.24, 2.45) is 0 Å². The van der Waals surface area contributed by atoms with Crippen LogP contribution in [0.1, 0.15) is 44.1 Å². The molecule has 1 atom stereocenters. The van der Waals surface area contributed by atoms with Crippen LogP contribution in [0.5, 0.6) is 0 Å². The van der Waals surface area contributed by atoms with Gasteiger partial charge in [-0.2, -0.15) is 0 Å². The highest BCUT2D eigenvalue weighted by atomic mass is 16.5. The van der Waals surface area contributed by atoms with E-state index in [0.29, 0.717) is 6.10 Å². The molecule has 2 heteroatoms. The van der Waals surface area contributed by atoms with E-state index in [1.54, 1.807) is 0 Å². The summed E-state index contributed by atoms with van der Waals surface area (Å²) in [5.74, 6) is 0. The summed E-state index contributed by atoms with van der Waals surface area (Å²) < 4.78 is 6.56. The molecular formula is C16H23NO. The Morgan fingerprint density at radius 2 is 1.83 bits per heavy atom. The van der Waals surface area contributed by atoms with E-state index in [0.717, 1.165) is 13.1 Å². The number of piperidine rings is 1. The van der Waals surface area contributed by atoms with Gasteiger partial charge in [-0.3, -0.25) is 0 Å². The molecule has 1 aromatic carbocycles. The van der Waals surface area contributed by atoms with E-state index < -0.39 is 0 Å². The Morgan fingerprint density at radius 3 is 2.50 bits per heavy atom. The lowest BCUT2D eigenvalue weighted by molar-refractivity contribution is -0.102. The Kier molecular flexibility index (Phi) is 3.67. The monoisotopic (exact) mass is 245 g/mol. The quantitative estimate of drug-likeness (QED) is 0.883. The summed E-state index contributed by atoms with van der Waals surface area (Å²) >= 11 is 0. The molecule has 1 aliphatic carbocycles. The molecule has 0 spiro atoms. The minimum atomic E-state index is 0.00491. The summed E-state index contributed by atoms with van der Waals surface area (Å²) in [6.45, 7) is 2.17. The number of rotatable bonds is 3. The van der Waals surface area contributed by atoms with E-state index in [1.807, 2.05) is 0 Å². The van der Waals surface area contributed by atoms with Crippen molar-refractivity contribution in [2.75, 3.05) is 13.1 Å². The summed E-state index contributed by atoms with van der Waals surface area (Å²) in [7, 11) is 0. The lowest BCUT2D eigenvalue weighted by atomic mass is 9.91. The van der Waals surface area contributed by atoms with Gasteiger partial charge in [0.1, 0.15) is 0 Å². The van der Waals surface area contributed by atoms with Gasteiger partial charge in [-0.15, -0.1) is 0 Å². The maximum Gasteiger partial charge on any atom is 0.0935 e. The van der Waals surface area contributed by atoms with Crippen molar-refractivity contribution < 1.29 is 4.74 Å². The standard InChI is InChI=1S/C16H23NO/c1-2-7-14(8-3-1)16(10-4-5-11-16)18-15-9-6-12-17-13-15/h1-3,7-8,15,17H,4-6,9-13H2. The van der Waals surface area contributed by atoms with Gasteiger partial charge >= 0.3 is 0 Å². The molecule has 0 amide bonds. The van der Waals surface area contributed by atoms with E-state index >= 15 is 0 Å². The highest BCUT2D eigenvalue weighted by Gasteiger charge is 2.38. The van der Waals surface area contributed by atoms with Gasteiger partial charge in [0.2, 0.25) is 0 Å². The van der Waals surface area contributed by atoms with Crippen molar-refractivity contribution in [2.45, 2.75) is 50.2 Å². The second-order valence-corrected chi connectivity index (χ2v) is 5.65. The molecule has 0 aromatic heterocycles. The summed E-state index contributed by atoms with van der Waals surface area (Å²) in [5.41, 5.74) is 1.39. The van der Waals surface area contributed by atoms with Gasteiger partial charge < -0.3 is 10.1 Å². The molecule has 1 aliphatic heterocycles. The first-order chi connectivity index (χ1) is 8.89. The molecule has 1 saturated heterocycles. The lowest BCUT2D eigenvalue weighted by Crippen LogP contribution is -2.41. The van der Waals surface area contributed by atoms with Crippen molar-refractivity contribution in [1.29, 1.82) is 0 Å². The van der Waals surface area contributed by atoms with Crippen LogP contribution in [-0.2, 0) is 10.3 Å². The lowest BCUT2D eigenvalue weighted by Gasteiger charge is -2.36. The van der Waals surface area contributed by atoms with E-state index in [-0.39, 0.29) is 5.60 Å². The van der Waals surface area contributed by atoms with Crippen LogP contribution in [0.3, 0.4) is 0 Å². The minimum absolute atomic E-state index is 0.00491. The molecule has 1 heterocycles. The van der Waals surface area contributed by atoms with Crippen molar-refractivity contribution >= 4 is 0 Å². The van der Waals surface area contributed by atoms with Gasteiger partial charge in [0.25, 0.3) is 0 Å². The third-order valence-electron chi connectivity index (χ3n) is 4.36. The minimum Gasteiger partial charge on any atom is -0.366 e. The number of nitrogens with one attached hydrogen (secondary N) is 1. The highest BCUT2D eigenvalue weighted by molar-refractivity contribution is 5.23. The molecule has 1 saturated carbocycles. The molecule has 98 valence electrons. The Labute approximate surface area is 110 Å². The second-order valence-electron chi connectivity index (χ2n) is 5.65. The number of benzene rings is 1. The molecule has 0 bridgehead atoms. The van der Waals surface area contributed by atoms with Crippen molar-refractivity contribution in [3.8, 4) is 0 Å². The molecule has 0 radical (unpaired) electrons. The van der Waals surface area contributed by atoms with Crippen LogP contribution < -0.4 is 5.32 Å². The summed E-state index contributed by atoms with van der Waals surface area (Å²) in [6, 6.07) is 10.8. The summed E-state index contributed by atoms with van der Waals surface area (Å²) in [5, 5.41) is 3.45. The summed E-state index contributed by atoms with van der Waals surface area (Å²) in [6.07, 6.45) is 7.83. The molecule has 1 unspecified atom stereocenters. The number of ether oxygens (including phenoxy) is 1. The number of hydrogen-bond donors (Lipinski definition) is 1. The van der Waals surface area contributed by atoms with Crippen LogP contribution in [0.2, 0.25) is 0 Å². The van der Waals surface area contributed by atoms with Crippen molar-refractivity contribution in [1.82, 2.24) is 5.32 Å². The zero-order chi connectivity index (χ0) is 12.3. The zero-order valence-electron chi connectivity index (χ0n) is 11.0. The average molecular weight is 245 g/mol. The van der Waals surface area contributed by atoms with E-state index in [2.05, 4.69) is 35.6 Å². The largest absolute Gasteiger partial charge is 0.366 e. The van der Waals surface area contributed by atoms with Crippen LogP contribution in [0.25, 0.3) is 0 Å². The molecule has 1 N–H and O–H groups in total. The molecular weight excluding hydrogens is 222 g/mol. The zero-order valence-corrected chi connectivity index (χ0v) is 11.0. The molecule has 2 nitrogen and oxygen atoms in total. The van der Waals surface area contributed by atoms with Gasteiger partial charge in [-0.25, -0.2) is 0 Å². The Bertz CT molecular complexity index is 364. The van der Waals surface area contributed by atoms with E-state index in [4.69, 9.17) is 4.74 Å². The molecule has 3 rings (SSSR count). The number of hydrogen-bond acceptors (Lipinski definition) is 2. The van der Waals surface area contributed by atoms with Crippen molar-refractivity contribution in [3.63, 3.8) is 0 Å². The fraction of sp³-hybridized carbons (Fsp3) is 0.625. The average Bonchev–Trinajstić information content (AvgIpc) is 2.91. The van der Waals surface area contributed by atoms with Gasteiger partial charge in [-0.1, -0.05) is 43.2 Å². The molecule has 2 fully saturated rings. The van der Waals surface area contributed by atoms with Gasteiger partial charge in [0.15, 0.2) is 0 Å². The SMILES string of the molecule is c1ccc(C2(OC3CCCNC3)CCCC2)cc1. The van der Waals surface area contributed by atoms with Gasteiger partial charge in [0.05, 0.1) is 11.7 Å². The van der Waals surface area contributed by atoms with E-state index in [1.165, 1.54) is 44.1 Å². The van der Waals surface area contributed by atoms with Crippen LogP contribution in [-0.4, -0.2) is 19.2 Å². The van der Waals surface area contributed by atoms with Gasteiger partial charge in [0, 0.05) is 6.54 Å².